The van der Waals surface area contributed by atoms with Crippen LogP contribution in [-0.2, 0) is 14.3 Å². The first-order valence-electron chi connectivity index (χ1n) is 6.86. The molecule has 1 aliphatic rings. The summed E-state index contributed by atoms with van der Waals surface area (Å²) in [5.41, 5.74) is 0.399. The van der Waals surface area contributed by atoms with Gasteiger partial charge in [-0.25, -0.2) is 4.39 Å². The van der Waals surface area contributed by atoms with Crippen LogP contribution in [0.25, 0.3) is 0 Å². The molecule has 1 fully saturated rings. The third kappa shape index (κ3) is 3.78. The Labute approximate surface area is 123 Å². The van der Waals surface area contributed by atoms with Gasteiger partial charge in [-0.05, 0) is 25.1 Å². The lowest BCUT2D eigenvalue weighted by molar-refractivity contribution is -0.130. The number of hydrogen-bond acceptors (Lipinski definition) is 3. The molecule has 1 aliphatic heterocycles. The fourth-order valence-electron chi connectivity index (χ4n) is 2.47. The lowest BCUT2D eigenvalue weighted by atomic mass is 10.1. The monoisotopic (exact) mass is 294 g/mol. The van der Waals surface area contributed by atoms with Gasteiger partial charge in [-0.3, -0.25) is 9.59 Å². The van der Waals surface area contributed by atoms with E-state index in [1.165, 1.54) is 18.2 Å². The number of halogens is 1. The van der Waals surface area contributed by atoms with E-state index in [1.54, 1.807) is 18.1 Å². The van der Waals surface area contributed by atoms with E-state index in [4.69, 9.17) is 4.74 Å². The van der Waals surface area contributed by atoms with Gasteiger partial charge in [0.1, 0.15) is 5.82 Å². The molecule has 1 aromatic rings. The highest BCUT2D eigenvalue weighted by Gasteiger charge is 2.36. The Hall–Kier alpha value is -1.95. The normalized spacial score (nSPS) is 19.7. The minimum Gasteiger partial charge on any atom is -0.383 e. The van der Waals surface area contributed by atoms with Crippen molar-refractivity contribution in [2.75, 3.05) is 25.6 Å². The van der Waals surface area contributed by atoms with Crippen molar-refractivity contribution in [2.24, 2.45) is 5.92 Å². The summed E-state index contributed by atoms with van der Waals surface area (Å²) in [7, 11) is 1.57. The number of ether oxygens (including phenoxy) is 1. The van der Waals surface area contributed by atoms with Gasteiger partial charge < -0.3 is 15.0 Å². The fraction of sp³-hybridized carbons (Fsp3) is 0.467. The number of carbonyl (C=O) groups is 2. The molecule has 1 saturated heterocycles. The van der Waals surface area contributed by atoms with Crippen molar-refractivity contribution in [1.82, 2.24) is 4.90 Å². The second-order valence-electron chi connectivity index (χ2n) is 5.25. The SMILES string of the molecule is COC[C@@H](C)N1C[C@@H](C(=O)Nc2cccc(F)c2)CC1=O. The number of carbonyl (C=O) groups excluding carboxylic acids is 2. The molecule has 5 nitrogen and oxygen atoms in total. The smallest absolute Gasteiger partial charge is 0.229 e. The van der Waals surface area contributed by atoms with Gasteiger partial charge in [0.15, 0.2) is 0 Å². The average Bonchev–Trinajstić information content (AvgIpc) is 2.81. The second kappa shape index (κ2) is 6.67. The number of benzene rings is 1. The maximum atomic E-state index is 13.1. The first kappa shape index (κ1) is 15.4. The van der Waals surface area contributed by atoms with E-state index in [2.05, 4.69) is 5.32 Å². The molecule has 21 heavy (non-hydrogen) atoms. The quantitative estimate of drug-likeness (QED) is 0.898. The van der Waals surface area contributed by atoms with Crippen molar-refractivity contribution in [3.8, 4) is 0 Å². The molecular weight excluding hydrogens is 275 g/mol. The summed E-state index contributed by atoms with van der Waals surface area (Å²) >= 11 is 0. The third-order valence-electron chi connectivity index (χ3n) is 3.56. The highest BCUT2D eigenvalue weighted by molar-refractivity contribution is 5.97. The van der Waals surface area contributed by atoms with Crippen LogP contribution in [-0.4, -0.2) is 43.0 Å². The van der Waals surface area contributed by atoms with Gasteiger partial charge in [-0.1, -0.05) is 6.07 Å². The molecular formula is C15H19FN2O3. The Morgan fingerprint density at radius 1 is 1.57 bits per heavy atom. The van der Waals surface area contributed by atoms with Crippen LogP contribution in [0.1, 0.15) is 13.3 Å². The van der Waals surface area contributed by atoms with Crippen LogP contribution in [0.5, 0.6) is 0 Å². The van der Waals surface area contributed by atoms with Crippen molar-refractivity contribution in [3.05, 3.63) is 30.1 Å². The van der Waals surface area contributed by atoms with Crippen LogP contribution < -0.4 is 5.32 Å². The van der Waals surface area contributed by atoms with E-state index in [9.17, 15) is 14.0 Å². The molecule has 0 radical (unpaired) electrons. The molecule has 1 aromatic carbocycles. The van der Waals surface area contributed by atoms with Crippen LogP contribution in [0, 0.1) is 11.7 Å². The first-order valence-corrected chi connectivity index (χ1v) is 6.86. The number of likely N-dealkylation sites (tertiary alicyclic amines) is 1. The summed E-state index contributed by atoms with van der Waals surface area (Å²) in [6.45, 7) is 2.68. The Kier molecular flexibility index (Phi) is 4.90. The van der Waals surface area contributed by atoms with Crippen LogP contribution in [0.3, 0.4) is 0 Å². The van der Waals surface area contributed by atoms with E-state index >= 15 is 0 Å². The predicted octanol–water partition coefficient (Wildman–Crippen LogP) is 1.65. The van der Waals surface area contributed by atoms with Crippen molar-refractivity contribution in [1.29, 1.82) is 0 Å². The summed E-state index contributed by atoms with van der Waals surface area (Å²) in [6.07, 6.45) is 0.176. The molecule has 1 heterocycles. The topological polar surface area (TPSA) is 58.6 Å². The molecule has 6 heteroatoms. The van der Waals surface area contributed by atoms with Gasteiger partial charge in [0.05, 0.1) is 18.6 Å². The molecule has 0 saturated carbocycles. The zero-order valence-electron chi connectivity index (χ0n) is 12.1. The number of nitrogens with one attached hydrogen (secondary N) is 1. The molecule has 0 spiro atoms. The second-order valence-corrected chi connectivity index (χ2v) is 5.25. The molecule has 2 atom stereocenters. The minimum atomic E-state index is -0.417. The maximum Gasteiger partial charge on any atom is 0.229 e. The van der Waals surface area contributed by atoms with Gasteiger partial charge in [-0.2, -0.15) is 0 Å². The van der Waals surface area contributed by atoms with E-state index in [0.29, 0.717) is 18.8 Å². The molecule has 114 valence electrons. The van der Waals surface area contributed by atoms with Gasteiger partial charge in [-0.15, -0.1) is 0 Å². The Morgan fingerprint density at radius 3 is 3.00 bits per heavy atom. The van der Waals surface area contributed by atoms with Crippen LogP contribution in [0.2, 0.25) is 0 Å². The van der Waals surface area contributed by atoms with Crippen molar-refractivity contribution in [3.63, 3.8) is 0 Å². The Bertz CT molecular complexity index is 535. The predicted molar refractivity (Wildman–Crippen MR) is 76.2 cm³/mol. The fourth-order valence-corrected chi connectivity index (χ4v) is 2.47. The maximum absolute atomic E-state index is 13.1. The zero-order valence-corrected chi connectivity index (χ0v) is 12.1. The van der Waals surface area contributed by atoms with E-state index in [-0.39, 0.29) is 24.3 Å². The van der Waals surface area contributed by atoms with Crippen LogP contribution in [0.4, 0.5) is 10.1 Å². The first-order chi connectivity index (χ1) is 10.0. The number of methoxy groups -OCH3 is 1. The standard InChI is InChI=1S/C15H19FN2O3/c1-10(9-21-2)18-8-11(6-14(18)19)15(20)17-13-5-3-4-12(16)7-13/h3-5,7,10-11H,6,8-9H2,1-2H3,(H,17,20)/t10-,11+/m1/s1. The van der Waals surface area contributed by atoms with E-state index in [0.717, 1.165) is 0 Å². The van der Waals surface area contributed by atoms with Crippen LogP contribution >= 0.6 is 0 Å². The summed E-state index contributed by atoms with van der Waals surface area (Å²) in [5.74, 6) is -1.15. The van der Waals surface area contributed by atoms with Gasteiger partial charge in [0, 0.05) is 25.8 Å². The highest BCUT2D eigenvalue weighted by Crippen LogP contribution is 2.22. The minimum absolute atomic E-state index is 0.0565. The number of nitrogens with zero attached hydrogens (tertiary/aromatic N) is 1. The van der Waals surface area contributed by atoms with E-state index < -0.39 is 11.7 Å². The average molecular weight is 294 g/mol. The van der Waals surface area contributed by atoms with Crippen molar-refractivity contribution >= 4 is 17.5 Å². The molecule has 2 rings (SSSR count). The number of rotatable bonds is 5. The molecule has 0 aliphatic carbocycles. The molecule has 0 aromatic heterocycles. The molecule has 0 unspecified atom stereocenters. The lowest BCUT2D eigenvalue weighted by Crippen LogP contribution is -2.38. The summed E-state index contributed by atoms with van der Waals surface area (Å²) in [5, 5.41) is 2.65. The largest absolute Gasteiger partial charge is 0.383 e. The summed E-state index contributed by atoms with van der Waals surface area (Å²) < 4.78 is 18.1. The number of hydrogen-bond donors (Lipinski definition) is 1. The number of anilines is 1. The highest BCUT2D eigenvalue weighted by atomic mass is 19.1. The van der Waals surface area contributed by atoms with Gasteiger partial charge in [0.2, 0.25) is 11.8 Å². The van der Waals surface area contributed by atoms with Crippen LogP contribution in [0.15, 0.2) is 24.3 Å². The zero-order chi connectivity index (χ0) is 15.4. The van der Waals surface area contributed by atoms with Gasteiger partial charge >= 0.3 is 0 Å². The van der Waals surface area contributed by atoms with Crippen molar-refractivity contribution < 1.29 is 18.7 Å². The molecule has 0 bridgehead atoms. The summed E-state index contributed by atoms with van der Waals surface area (Å²) in [6, 6.07) is 5.64. The van der Waals surface area contributed by atoms with Gasteiger partial charge in [0.25, 0.3) is 0 Å². The molecule has 2 amide bonds. The molecule has 1 N–H and O–H groups in total. The summed E-state index contributed by atoms with van der Waals surface area (Å²) in [4.78, 5) is 25.7. The Balaban J connectivity index is 1.97. The Morgan fingerprint density at radius 2 is 2.33 bits per heavy atom. The van der Waals surface area contributed by atoms with Crippen molar-refractivity contribution in [2.45, 2.75) is 19.4 Å². The third-order valence-corrected chi connectivity index (χ3v) is 3.56. The lowest BCUT2D eigenvalue weighted by Gasteiger charge is -2.23. The van der Waals surface area contributed by atoms with E-state index in [1.807, 2.05) is 6.92 Å². The number of amides is 2.